The minimum absolute atomic E-state index is 0.0443. The van der Waals surface area contributed by atoms with Crippen LogP contribution in [-0.4, -0.2) is 36.5 Å². The number of pyridine rings is 1. The van der Waals surface area contributed by atoms with Crippen LogP contribution in [-0.2, 0) is 4.79 Å². The van der Waals surface area contributed by atoms with Crippen molar-refractivity contribution in [2.24, 2.45) is 5.92 Å². The Balaban J connectivity index is 2.00. The van der Waals surface area contributed by atoms with E-state index in [0.29, 0.717) is 12.5 Å². The van der Waals surface area contributed by atoms with E-state index in [1.165, 1.54) is 0 Å². The van der Waals surface area contributed by atoms with Crippen LogP contribution in [0.5, 0.6) is 5.75 Å². The second-order valence-corrected chi connectivity index (χ2v) is 6.17. The van der Waals surface area contributed by atoms with Gasteiger partial charge in [0.05, 0.1) is 13.7 Å². The quantitative estimate of drug-likeness (QED) is 0.847. The minimum Gasteiger partial charge on any atom is -0.497 e. The van der Waals surface area contributed by atoms with E-state index in [9.17, 15) is 4.79 Å². The smallest absolute Gasteiger partial charge is 0.238 e. The van der Waals surface area contributed by atoms with E-state index in [2.05, 4.69) is 35.1 Å². The largest absolute Gasteiger partial charge is 0.497 e. The lowest BCUT2D eigenvalue weighted by Gasteiger charge is -2.30. The van der Waals surface area contributed by atoms with Gasteiger partial charge in [0.15, 0.2) is 0 Å². The van der Waals surface area contributed by atoms with Crippen LogP contribution >= 0.6 is 0 Å². The molecule has 0 aliphatic rings. The second-order valence-electron chi connectivity index (χ2n) is 6.17. The summed E-state index contributed by atoms with van der Waals surface area (Å²) in [7, 11) is 3.58. The van der Waals surface area contributed by atoms with Crippen molar-refractivity contribution in [2.75, 3.05) is 26.0 Å². The van der Waals surface area contributed by atoms with E-state index >= 15 is 0 Å². The average molecular weight is 327 g/mol. The monoisotopic (exact) mass is 327 g/mol. The first-order valence-electron chi connectivity index (χ1n) is 8.05. The molecule has 24 heavy (non-hydrogen) atoms. The van der Waals surface area contributed by atoms with Crippen LogP contribution in [0.2, 0.25) is 0 Å². The third-order valence-electron chi connectivity index (χ3n) is 3.90. The highest BCUT2D eigenvalue weighted by Crippen LogP contribution is 2.26. The summed E-state index contributed by atoms with van der Waals surface area (Å²) in [6, 6.07) is 11.4. The van der Waals surface area contributed by atoms with Gasteiger partial charge in [0.1, 0.15) is 5.75 Å². The second kappa shape index (κ2) is 8.45. The molecule has 0 radical (unpaired) electrons. The Morgan fingerprint density at radius 3 is 2.50 bits per heavy atom. The summed E-state index contributed by atoms with van der Waals surface area (Å²) in [5.74, 6) is 1.09. The number of anilines is 1. The fraction of sp³-hybridized carbons (Fsp3) is 0.368. The first kappa shape index (κ1) is 17.9. The summed E-state index contributed by atoms with van der Waals surface area (Å²) in [4.78, 5) is 18.6. The number of ether oxygens (including phenoxy) is 1. The van der Waals surface area contributed by atoms with Crippen molar-refractivity contribution >= 4 is 11.6 Å². The van der Waals surface area contributed by atoms with Crippen LogP contribution in [0.4, 0.5) is 5.69 Å². The number of nitrogens with one attached hydrogen (secondary N) is 1. The molecule has 2 rings (SSSR count). The van der Waals surface area contributed by atoms with E-state index < -0.39 is 0 Å². The molecular formula is C19H25N3O2. The van der Waals surface area contributed by atoms with Crippen molar-refractivity contribution in [3.63, 3.8) is 0 Å². The number of methoxy groups -OCH3 is 1. The average Bonchev–Trinajstić information content (AvgIpc) is 2.56. The maximum absolute atomic E-state index is 12.3. The van der Waals surface area contributed by atoms with Crippen molar-refractivity contribution < 1.29 is 9.53 Å². The van der Waals surface area contributed by atoms with Gasteiger partial charge in [0.25, 0.3) is 0 Å². The van der Waals surface area contributed by atoms with E-state index in [4.69, 9.17) is 4.74 Å². The molecule has 0 aliphatic heterocycles. The molecule has 1 aromatic heterocycles. The molecule has 5 heteroatoms. The van der Waals surface area contributed by atoms with Crippen LogP contribution in [0.3, 0.4) is 0 Å². The summed E-state index contributed by atoms with van der Waals surface area (Å²) in [6.07, 6.45) is 3.62. The van der Waals surface area contributed by atoms with Gasteiger partial charge in [-0.15, -0.1) is 0 Å². The van der Waals surface area contributed by atoms with Gasteiger partial charge in [-0.1, -0.05) is 19.9 Å². The maximum atomic E-state index is 12.3. The normalized spacial score (nSPS) is 12.2. The zero-order chi connectivity index (χ0) is 17.5. The van der Waals surface area contributed by atoms with Crippen LogP contribution in [0.1, 0.15) is 25.5 Å². The number of nitrogens with zero attached hydrogens (tertiary/aromatic N) is 2. The maximum Gasteiger partial charge on any atom is 0.238 e. The van der Waals surface area contributed by atoms with Crippen LogP contribution in [0.25, 0.3) is 0 Å². The van der Waals surface area contributed by atoms with E-state index in [-0.39, 0.29) is 11.9 Å². The van der Waals surface area contributed by atoms with E-state index in [0.717, 1.165) is 17.0 Å². The van der Waals surface area contributed by atoms with Gasteiger partial charge in [-0.3, -0.25) is 14.7 Å². The molecule has 1 amide bonds. The van der Waals surface area contributed by atoms with Crippen LogP contribution < -0.4 is 10.1 Å². The predicted octanol–water partition coefficient (Wildman–Crippen LogP) is 3.36. The molecular weight excluding hydrogens is 302 g/mol. The Morgan fingerprint density at radius 2 is 1.96 bits per heavy atom. The molecule has 1 heterocycles. The lowest BCUT2D eigenvalue weighted by Crippen LogP contribution is -2.35. The molecule has 0 spiro atoms. The number of carbonyl (C=O) groups is 1. The fourth-order valence-corrected chi connectivity index (χ4v) is 2.90. The molecule has 0 saturated carbocycles. The summed E-state index contributed by atoms with van der Waals surface area (Å²) < 4.78 is 5.12. The third-order valence-corrected chi connectivity index (χ3v) is 3.90. The summed E-state index contributed by atoms with van der Waals surface area (Å²) in [5, 5.41) is 2.92. The third kappa shape index (κ3) is 4.80. The minimum atomic E-state index is -0.0443. The zero-order valence-electron chi connectivity index (χ0n) is 14.7. The highest BCUT2D eigenvalue weighted by molar-refractivity contribution is 5.92. The molecule has 0 fully saturated rings. The molecule has 1 N–H and O–H groups in total. The van der Waals surface area contributed by atoms with Crippen molar-refractivity contribution in [3.8, 4) is 5.75 Å². The highest BCUT2D eigenvalue weighted by Gasteiger charge is 2.22. The highest BCUT2D eigenvalue weighted by atomic mass is 16.5. The molecule has 128 valence electrons. The van der Waals surface area contributed by atoms with Crippen molar-refractivity contribution in [1.29, 1.82) is 0 Å². The summed E-state index contributed by atoms with van der Waals surface area (Å²) in [6.45, 7) is 4.61. The number of aromatic nitrogens is 1. The number of amides is 1. The molecule has 0 unspecified atom stereocenters. The Bertz CT molecular complexity index is 641. The number of likely N-dealkylation sites (N-methyl/N-ethyl adjacent to an activating group) is 1. The predicted molar refractivity (Wildman–Crippen MR) is 96.1 cm³/mol. The Labute approximate surface area is 143 Å². The zero-order valence-corrected chi connectivity index (χ0v) is 14.7. The molecule has 1 aromatic carbocycles. The van der Waals surface area contributed by atoms with Gasteiger partial charge in [-0.2, -0.15) is 0 Å². The first-order valence-corrected chi connectivity index (χ1v) is 8.05. The molecule has 0 aliphatic carbocycles. The van der Waals surface area contributed by atoms with Crippen LogP contribution in [0.15, 0.2) is 48.8 Å². The Kier molecular flexibility index (Phi) is 6.32. The lowest BCUT2D eigenvalue weighted by atomic mass is 9.96. The van der Waals surface area contributed by atoms with E-state index in [1.54, 1.807) is 13.3 Å². The van der Waals surface area contributed by atoms with Gasteiger partial charge in [0, 0.05) is 24.1 Å². The molecule has 5 nitrogen and oxygen atoms in total. The number of benzene rings is 1. The number of carbonyl (C=O) groups excluding carboxylic acids is 1. The Morgan fingerprint density at radius 1 is 1.25 bits per heavy atom. The SMILES string of the molecule is COc1ccc(NC(=O)CN(C)[C@@H](c2cccnc2)C(C)C)cc1. The molecule has 0 bridgehead atoms. The standard InChI is InChI=1S/C19H25N3O2/c1-14(2)19(15-6-5-11-20-12-15)22(3)13-18(23)21-16-7-9-17(24-4)10-8-16/h5-12,14,19H,13H2,1-4H3,(H,21,23)/t19-/m1/s1. The van der Waals surface area contributed by atoms with Crippen molar-refractivity contribution in [3.05, 3.63) is 54.4 Å². The lowest BCUT2D eigenvalue weighted by molar-refractivity contribution is -0.117. The molecule has 1 atom stereocenters. The van der Waals surface area contributed by atoms with E-state index in [1.807, 2.05) is 43.6 Å². The van der Waals surface area contributed by atoms with Crippen molar-refractivity contribution in [1.82, 2.24) is 9.88 Å². The fourth-order valence-electron chi connectivity index (χ4n) is 2.90. The number of rotatable bonds is 7. The first-order chi connectivity index (χ1) is 11.5. The van der Waals surface area contributed by atoms with Gasteiger partial charge >= 0.3 is 0 Å². The van der Waals surface area contributed by atoms with Gasteiger partial charge in [-0.25, -0.2) is 0 Å². The van der Waals surface area contributed by atoms with Crippen LogP contribution in [0, 0.1) is 5.92 Å². The molecule has 2 aromatic rings. The molecule has 0 saturated heterocycles. The Hall–Kier alpha value is -2.40. The number of hydrogen-bond acceptors (Lipinski definition) is 4. The number of hydrogen-bond donors (Lipinski definition) is 1. The van der Waals surface area contributed by atoms with Gasteiger partial charge in [-0.05, 0) is 48.9 Å². The topological polar surface area (TPSA) is 54.5 Å². The van der Waals surface area contributed by atoms with Crippen molar-refractivity contribution in [2.45, 2.75) is 19.9 Å². The van der Waals surface area contributed by atoms with Gasteiger partial charge < -0.3 is 10.1 Å². The summed E-state index contributed by atoms with van der Waals surface area (Å²) in [5.41, 5.74) is 1.88. The summed E-state index contributed by atoms with van der Waals surface area (Å²) >= 11 is 0. The van der Waals surface area contributed by atoms with Gasteiger partial charge in [0.2, 0.25) is 5.91 Å².